The van der Waals surface area contributed by atoms with Gasteiger partial charge in [0.05, 0.1) is 6.54 Å². The predicted molar refractivity (Wildman–Crippen MR) is 73.8 cm³/mol. The van der Waals surface area contributed by atoms with Gasteiger partial charge in [0, 0.05) is 6.54 Å². The second-order valence-corrected chi connectivity index (χ2v) is 4.25. The van der Waals surface area contributed by atoms with Gasteiger partial charge < -0.3 is 11.1 Å². The van der Waals surface area contributed by atoms with Gasteiger partial charge in [-0.15, -0.1) is 0 Å². The Balaban J connectivity index is 2.35. The summed E-state index contributed by atoms with van der Waals surface area (Å²) in [4.78, 5) is 4.32. The summed E-state index contributed by atoms with van der Waals surface area (Å²) in [6.07, 6.45) is 2.35. The molecule has 3 N–H and O–H groups in total. The third kappa shape index (κ3) is 5.38. The van der Waals surface area contributed by atoms with Crippen LogP contribution in [0.15, 0.2) is 35.3 Å². The first-order valence-electron chi connectivity index (χ1n) is 6.34. The molecule has 0 aromatic heterocycles. The van der Waals surface area contributed by atoms with E-state index in [0.717, 1.165) is 6.54 Å². The summed E-state index contributed by atoms with van der Waals surface area (Å²) in [7, 11) is 0. The zero-order chi connectivity index (χ0) is 12.5. The number of aliphatic imine (C=N–C) groups is 1. The topological polar surface area (TPSA) is 50.4 Å². The van der Waals surface area contributed by atoms with Crippen molar-refractivity contribution in [3.05, 3.63) is 35.9 Å². The number of guanidine groups is 1. The van der Waals surface area contributed by atoms with E-state index in [1.165, 1.54) is 18.4 Å². The van der Waals surface area contributed by atoms with Crippen LogP contribution in [0.4, 0.5) is 0 Å². The summed E-state index contributed by atoms with van der Waals surface area (Å²) in [5.74, 6) is 1.22. The van der Waals surface area contributed by atoms with Crippen LogP contribution in [-0.4, -0.2) is 12.5 Å². The lowest BCUT2D eigenvalue weighted by atomic mass is 10.0. The molecule has 0 spiro atoms. The Hall–Kier alpha value is -1.51. The van der Waals surface area contributed by atoms with Crippen LogP contribution in [0.1, 0.15) is 32.3 Å². The third-order valence-corrected chi connectivity index (χ3v) is 3.00. The van der Waals surface area contributed by atoms with Crippen molar-refractivity contribution in [3.63, 3.8) is 0 Å². The highest BCUT2D eigenvalue weighted by Crippen LogP contribution is 2.05. The molecule has 0 fully saturated rings. The number of hydrogen-bond donors (Lipinski definition) is 2. The molecule has 0 saturated carbocycles. The molecule has 17 heavy (non-hydrogen) atoms. The number of nitrogens with two attached hydrogens (primary N) is 1. The number of rotatable bonds is 6. The molecule has 0 aliphatic rings. The summed E-state index contributed by atoms with van der Waals surface area (Å²) >= 11 is 0. The molecule has 1 aromatic rings. The van der Waals surface area contributed by atoms with Crippen LogP contribution < -0.4 is 11.1 Å². The molecule has 1 rings (SSSR count). The van der Waals surface area contributed by atoms with Gasteiger partial charge in [0.25, 0.3) is 0 Å². The minimum absolute atomic E-state index is 0.542. The molecule has 0 bridgehead atoms. The van der Waals surface area contributed by atoms with Gasteiger partial charge in [-0.2, -0.15) is 0 Å². The van der Waals surface area contributed by atoms with Crippen LogP contribution >= 0.6 is 0 Å². The number of benzene rings is 1. The molecule has 0 atom stereocenters. The summed E-state index contributed by atoms with van der Waals surface area (Å²) < 4.78 is 0. The van der Waals surface area contributed by atoms with E-state index in [2.05, 4.69) is 36.3 Å². The molecule has 1 aromatic carbocycles. The normalized spacial score (nSPS) is 11.8. The molecule has 94 valence electrons. The molecule has 0 saturated heterocycles. The highest BCUT2D eigenvalue weighted by molar-refractivity contribution is 5.77. The Kier molecular flexibility index (Phi) is 6.15. The summed E-state index contributed by atoms with van der Waals surface area (Å²) in [6, 6.07) is 10.1. The highest BCUT2D eigenvalue weighted by atomic mass is 15.1. The van der Waals surface area contributed by atoms with E-state index in [4.69, 9.17) is 5.73 Å². The maximum Gasteiger partial charge on any atom is 0.188 e. The highest BCUT2D eigenvalue weighted by Gasteiger charge is 2.02. The van der Waals surface area contributed by atoms with Crippen LogP contribution in [0.3, 0.4) is 0 Å². The lowest BCUT2D eigenvalue weighted by Gasteiger charge is -2.13. The third-order valence-electron chi connectivity index (χ3n) is 3.00. The van der Waals surface area contributed by atoms with Crippen molar-refractivity contribution < 1.29 is 0 Å². The van der Waals surface area contributed by atoms with E-state index in [0.29, 0.717) is 18.4 Å². The van der Waals surface area contributed by atoms with E-state index < -0.39 is 0 Å². The standard InChI is InChI=1S/C14H23N3/c1-3-12(4-2)10-16-14(15)17-11-13-8-6-5-7-9-13/h5-9,12H,3-4,10-11H2,1-2H3,(H3,15,16,17). The van der Waals surface area contributed by atoms with E-state index in [-0.39, 0.29) is 0 Å². The monoisotopic (exact) mass is 233 g/mol. The predicted octanol–water partition coefficient (Wildman–Crippen LogP) is 2.53. The van der Waals surface area contributed by atoms with Crippen molar-refractivity contribution in [1.29, 1.82) is 0 Å². The molecule has 0 aliphatic heterocycles. The lowest BCUT2D eigenvalue weighted by Crippen LogP contribution is -2.35. The van der Waals surface area contributed by atoms with Crippen molar-refractivity contribution in [2.45, 2.75) is 33.2 Å². The Morgan fingerprint density at radius 2 is 1.88 bits per heavy atom. The van der Waals surface area contributed by atoms with Gasteiger partial charge in [-0.1, -0.05) is 57.0 Å². The van der Waals surface area contributed by atoms with Crippen LogP contribution in [0.5, 0.6) is 0 Å². The summed E-state index contributed by atoms with van der Waals surface area (Å²) in [5.41, 5.74) is 7.00. The fraction of sp³-hybridized carbons (Fsp3) is 0.500. The average molecular weight is 233 g/mol. The minimum Gasteiger partial charge on any atom is -0.370 e. The number of hydrogen-bond acceptors (Lipinski definition) is 1. The second-order valence-electron chi connectivity index (χ2n) is 4.25. The molecule has 3 nitrogen and oxygen atoms in total. The van der Waals surface area contributed by atoms with Crippen molar-refractivity contribution in [3.8, 4) is 0 Å². The molecule has 0 radical (unpaired) electrons. The van der Waals surface area contributed by atoms with Crippen molar-refractivity contribution in [2.75, 3.05) is 6.54 Å². The lowest BCUT2D eigenvalue weighted by molar-refractivity contribution is 0.483. The zero-order valence-electron chi connectivity index (χ0n) is 10.8. The molecule has 0 amide bonds. The van der Waals surface area contributed by atoms with Gasteiger partial charge in [0.2, 0.25) is 0 Å². The first kappa shape index (κ1) is 13.6. The van der Waals surface area contributed by atoms with Crippen LogP contribution in [-0.2, 0) is 6.54 Å². The molecular weight excluding hydrogens is 210 g/mol. The van der Waals surface area contributed by atoms with Crippen LogP contribution in [0.2, 0.25) is 0 Å². The van der Waals surface area contributed by atoms with Crippen molar-refractivity contribution in [1.82, 2.24) is 5.32 Å². The number of nitrogens with one attached hydrogen (secondary N) is 1. The Morgan fingerprint density at radius 1 is 1.24 bits per heavy atom. The first-order valence-corrected chi connectivity index (χ1v) is 6.34. The quantitative estimate of drug-likeness (QED) is 0.586. The first-order chi connectivity index (χ1) is 8.26. The van der Waals surface area contributed by atoms with Crippen molar-refractivity contribution in [2.24, 2.45) is 16.6 Å². The van der Waals surface area contributed by atoms with E-state index >= 15 is 0 Å². The minimum atomic E-state index is 0.542. The SMILES string of the molecule is CCC(CC)CNC(N)=NCc1ccccc1. The Labute approximate surface area is 104 Å². The van der Waals surface area contributed by atoms with Gasteiger partial charge in [-0.25, -0.2) is 4.99 Å². The summed E-state index contributed by atoms with van der Waals surface area (Å²) in [5, 5.41) is 3.18. The van der Waals surface area contributed by atoms with Crippen LogP contribution in [0, 0.1) is 5.92 Å². The van der Waals surface area contributed by atoms with Crippen molar-refractivity contribution >= 4 is 5.96 Å². The Morgan fingerprint density at radius 3 is 2.47 bits per heavy atom. The maximum absolute atomic E-state index is 5.82. The van der Waals surface area contributed by atoms with Gasteiger partial charge in [-0.3, -0.25) is 0 Å². The summed E-state index contributed by atoms with van der Waals surface area (Å²) in [6.45, 7) is 5.96. The molecule has 0 aliphatic carbocycles. The van der Waals surface area contributed by atoms with Crippen LogP contribution in [0.25, 0.3) is 0 Å². The Bertz CT molecular complexity index is 329. The van der Waals surface area contributed by atoms with Gasteiger partial charge in [0.15, 0.2) is 5.96 Å². The van der Waals surface area contributed by atoms with Gasteiger partial charge in [0.1, 0.15) is 0 Å². The molecule has 0 heterocycles. The zero-order valence-corrected chi connectivity index (χ0v) is 10.8. The van der Waals surface area contributed by atoms with E-state index in [9.17, 15) is 0 Å². The smallest absolute Gasteiger partial charge is 0.188 e. The van der Waals surface area contributed by atoms with Gasteiger partial charge >= 0.3 is 0 Å². The van der Waals surface area contributed by atoms with E-state index in [1.807, 2.05) is 18.2 Å². The molecular formula is C14H23N3. The maximum atomic E-state index is 5.82. The van der Waals surface area contributed by atoms with Gasteiger partial charge in [-0.05, 0) is 11.5 Å². The second kappa shape index (κ2) is 7.71. The average Bonchev–Trinajstić information content (AvgIpc) is 2.39. The number of nitrogens with zero attached hydrogens (tertiary/aromatic N) is 1. The fourth-order valence-electron chi connectivity index (χ4n) is 1.64. The largest absolute Gasteiger partial charge is 0.370 e. The van der Waals surface area contributed by atoms with E-state index in [1.54, 1.807) is 0 Å². The molecule has 0 unspecified atom stereocenters. The fourth-order valence-corrected chi connectivity index (χ4v) is 1.64. The molecule has 3 heteroatoms.